The molecule has 2 fully saturated rings. The molecule has 36 heavy (non-hydrogen) atoms. The first-order valence-electron chi connectivity index (χ1n) is 12.7. The summed E-state index contributed by atoms with van der Waals surface area (Å²) >= 11 is 12.6. The molecule has 2 aromatic heterocycles. The van der Waals surface area contributed by atoms with Gasteiger partial charge in [0.25, 0.3) is 0 Å². The third-order valence-corrected chi connectivity index (χ3v) is 8.23. The summed E-state index contributed by atoms with van der Waals surface area (Å²) in [5.41, 5.74) is 2.64. The average Bonchev–Trinajstić information content (AvgIpc) is 3.14. The normalized spacial score (nSPS) is 20.0. The molecule has 1 N–H and O–H groups in total. The maximum atomic E-state index is 10.8. The van der Waals surface area contributed by atoms with Gasteiger partial charge in [-0.25, -0.2) is 9.67 Å². The van der Waals surface area contributed by atoms with Gasteiger partial charge >= 0.3 is 5.97 Å². The molecule has 2 saturated heterocycles. The highest BCUT2D eigenvalue weighted by molar-refractivity contribution is 6.35. The Hall–Kier alpha value is -2.42. The van der Waals surface area contributed by atoms with E-state index in [1.807, 2.05) is 29.9 Å². The fourth-order valence-electron chi connectivity index (χ4n) is 5.56. The van der Waals surface area contributed by atoms with Crippen LogP contribution >= 0.6 is 23.2 Å². The molecule has 0 radical (unpaired) electrons. The van der Waals surface area contributed by atoms with E-state index in [1.165, 1.54) is 12.8 Å². The molecule has 2 unspecified atom stereocenters. The zero-order chi connectivity index (χ0) is 25.4. The van der Waals surface area contributed by atoms with E-state index in [4.69, 9.17) is 38.4 Å². The second kappa shape index (κ2) is 10.5. The van der Waals surface area contributed by atoms with Gasteiger partial charge in [0, 0.05) is 42.3 Å². The van der Waals surface area contributed by atoms with Gasteiger partial charge in [0.1, 0.15) is 0 Å². The Balaban J connectivity index is 1.27. The molecule has 0 spiro atoms. The lowest BCUT2D eigenvalue weighted by atomic mass is 9.80. The summed E-state index contributed by atoms with van der Waals surface area (Å²) in [5.74, 6) is 1.29. The van der Waals surface area contributed by atoms with E-state index in [-0.39, 0.29) is 12.5 Å². The molecule has 0 aliphatic carbocycles. The molecular formula is C26H32Cl2N6O2. The number of likely N-dealkylation sites (tertiary alicyclic amines) is 1. The molecule has 5 rings (SSSR count). The Bertz CT molecular complexity index is 1260. The fraction of sp³-hybridized carbons (Fsp3) is 0.538. The molecule has 2 aliphatic heterocycles. The van der Waals surface area contributed by atoms with Crippen LogP contribution in [0, 0.1) is 18.8 Å². The van der Waals surface area contributed by atoms with Gasteiger partial charge in [-0.05, 0) is 75.7 Å². The van der Waals surface area contributed by atoms with Crippen molar-refractivity contribution in [3.63, 3.8) is 0 Å². The lowest BCUT2D eigenvalue weighted by Gasteiger charge is -2.46. The van der Waals surface area contributed by atoms with E-state index in [1.54, 1.807) is 6.07 Å². The number of hydrogen-bond acceptors (Lipinski definition) is 6. The number of hydrogen-bond donors (Lipinski definition) is 1. The number of fused-ring (bicyclic) bond motifs is 1. The Morgan fingerprint density at radius 3 is 2.78 bits per heavy atom. The summed E-state index contributed by atoms with van der Waals surface area (Å²) in [6, 6.07) is 5.44. The van der Waals surface area contributed by atoms with Crippen molar-refractivity contribution in [3.05, 3.63) is 45.7 Å². The Morgan fingerprint density at radius 1 is 1.22 bits per heavy atom. The molecule has 0 amide bonds. The van der Waals surface area contributed by atoms with Crippen LogP contribution in [-0.2, 0) is 4.79 Å². The number of carbonyl (C=O) groups is 1. The monoisotopic (exact) mass is 530 g/mol. The number of nitrogens with zero attached hydrogens (tertiary/aromatic N) is 6. The van der Waals surface area contributed by atoms with Crippen molar-refractivity contribution in [2.45, 2.75) is 45.6 Å². The topological polar surface area (TPSA) is 87.4 Å². The van der Waals surface area contributed by atoms with Gasteiger partial charge in [-0.1, -0.05) is 29.3 Å². The maximum absolute atomic E-state index is 10.8. The molecule has 2 atom stereocenters. The van der Waals surface area contributed by atoms with E-state index in [0.29, 0.717) is 21.9 Å². The molecule has 192 valence electrons. The Labute approximate surface area is 221 Å². The van der Waals surface area contributed by atoms with Crippen LogP contribution in [0.2, 0.25) is 10.0 Å². The zero-order valence-corrected chi connectivity index (χ0v) is 22.2. The van der Waals surface area contributed by atoms with Crippen molar-refractivity contribution >= 4 is 46.2 Å². The van der Waals surface area contributed by atoms with Gasteiger partial charge in [0.15, 0.2) is 5.65 Å². The molecule has 10 heteroatoms. The SMILES string of the molecule is Cc1nn(C(C)c2ccc(Cl)cc2Cl)c2nc(N3CC(C4CCCN(CCCC(=O)O)C4)C3)ncc12. The molecule has 3 aromatic rings. The first kappa shape index (κ1) is 25.2. The second-order valence-electron chi connectivity index (χ2n) is 10.1. The van der Waals surface area contributed by atoms with Gasteiger partial charge in [0.2, 0.25) is 5.95 Å². The van der Waals surface area contributed by atoms with Crippen molar-refractivity contribution in [1.29, 1.82) is 0 Å². The highest BCUT2D eigenvalue weighted by Crippen LogP contribution is 2.34. The third-order valence-electron chi connectivity index (χ3n) is 7.67. The third kappa shape index (κ3) is 5.17. The van der Waals surface area contributed by atoms with Crippen LogP contribution in [0.4, 0.5) is 5.95 Å². The smallest absolute Gasteiger partial charge is 0.303 e. The van der Waals surface area contributed by atoms with Crippen molar-refractivity contribution in [2.24, 2.45) is 11.8 Å². The van der Waals surface area contributed by atoms with Crippen molar-refractivity contribution < 1.29 is 9.90 Å². The Kier molecular flexibility index (Phi) is 7.37. The standard InChI is InChI=1S/C26H32Cl2N6O2/c1-16-22-12-29-26(30-25(22)34(31-16)17(2)21-8-7-20(27)11-23(21)28)33-14-19(15-33)18-5-3-9-32(13-18)10-4-6-24(35)36/h7-8,11-12,17-19H,3-6,9-10,13-15H2,1-2H3,(H,35,36). The van der Waals surface area contributed by atoms with Gasteiger partial charge in [-0.3, -0.25) is 4.79 Å². The summed E-state index contributed by atoms with van der Waals surface area (Å²) in [4.78, 5) is 25.1. The molecule has 2 aliphatic rings. The van der Waals surface area contributed by atoms with Crippen LogP contribution in [0.1, 0.15) is 49.9 Å². The van der Waals surface area contributed by atoms with Gasteiger partial charge in [-0.15, -0.1) is 0 Å². The van der Waals surface area contributed by atoms with Crippen LogP contribution < -0.4 is 4.90 Å². The summed E-state index contributed by atoms with van der Waals surface area (Å²) in [5, 5.41) is 15.8. The minimum absolute atomic E-state index is 0.104. The fourth-order valence-corrected chi connectivity index (χ4v) is 6.12. The lowest BCUT2D eigenvalue weighted by molar-refractivity contribution is -0.137. The molecular weight excluding hydrogens is 499 g/mol. The molecule has 0 bridgehead atoms. The van der Waals surface area contributed by atoms with E-state index >= 15 is 0 Å². The number of benzene rings is 1. The summed E-state index contributed by atoms with van der Waals surface area (Å²) in [7, 11) is 0. The predicted octanol–water partition coefficient (Wildman–Crippen LogP) is 5.06. The van der Waals surface area contributed by atoms with Gasteiger partial charge in [-0.2, -0.15) is 10.1 Å². The van der Waals surface area contributed by atoms with Crippen LogP contribution in [0.5, 0.6) is 0 Å². The number of piperidine rings is 1. The summed E-state index contributed by atoms with van der Waals surface area (Å²) < 4.78 is 1.93. The number of aryl methyl sites for hydroxylation is 1. The maximum Gasteiger partial charge on any atom is 0.303 e. The number of aliphatic carboxylic acids is 1. The van der Waals surface area contributed by atoms with Crippen molar-refractivity contribution in [1.82, 2.24) is 24.6 Å². The highest BCUT2D eigenvalue weighted by atomic mass is 35.5. The molecule has 1 aromatic carbocycles. The number of halogens is 2. The van der Waals surface area contributed by atoms with E-state index in [2.05, 4.69) is 21.7 Å². The van der Waals surface area contributed by atoms with Crippen molar-refractivity contribution in [3.8, 4) is 0 Å². The van der Waals surface area contributed by atoms with Crippen LogP contribution in [0.15, 0.2) is 24.4 Å². The summed E-state index contributed by atoms with van der Waals surface area (Å²) in [6.07, 6.45) is 5.26. The lowest BCUT2D eigenvalue weighted by Crippen LogP contribution is -2.54. The van der Waals surface area contributed by atoms with Crippen LogP contribution in [-0.4, -0.2) is 68.4 Å². The largest absolute Gasteiger partial charge is 0.481 e. The minimum Gasteiger partial charge on any atom is -0.481 e. The number of carboxylic acid groups (broad SMARTS) is 1. The molecule has 4 heterocycles. The predicted molar refractivity (Wildman–Crippen MR) is 142 cm³/mol. The first-order chi connectivity index (χ1) is 17.3. The average molecular weight is 531 g/mol. The van der Waals surface area contributed by atoms with E-state index < -0.39 is 5.97 Å². The number of aromatic nitrogens is 4. The highest BCUT2D eigenvalue weighted by Gasteiger charge is 2.37. The summed E-state index contributed by atoms with van der Waals surface area (Å²) in [6.45, 7) is 8.94. The molecule has 8 nitrogen and oxygen atoms in total. The zero-order valence-electron chi connectivity index (χ0n) is 20.7. The Morgan fingerprint density at radius 2 is 2.03 bits per heavy atom. The van der Waals surface area contributed by atoms with Crippen molar-refractivity contribution in [2.75, 3.05) is 37.6 Å². The van der Waals surface area contributed by atoms with Gasteiger partial charge < -0.3 is 14.9 Å². The molecule has 0 saturated carbocycles. The number of carboxylic acids is 1. The minimum atomic E-state index is -0.711. The van der Waals surface area contributed by atoms with Crippen LogP contribution in [0.3, 0.4) is 0 Å². The van der Waals surface area contributed by atoms with Crippen LogP contribution in [0.25, 0.3) is 11.0 Å². The second-order valence-corrected chi connectivity index (χ2v) is 11.0. The quantitative estimate of drug-likeness (QED) is 0.435. The number of anilines is 1. The van der Waals surface area contributed by atoms with Gasteiger partial charge in [0.05, 0.1) is 17.1 Å². The van der Waals surface area contributed by atoms with E-state index in [9.17, 15) is 4.79 Å². The first-order valence-corrected chi connectivity index (χ1v) is 13.4. The van der Waals surface area contributed by atoms with E-state index in [0.717, 1.165) is 67.4 Å². The number of rotatable bonds is 8.